The number of ether oxygens (including phenoxy) is 2. The van der Waals surface area contributed by atoms with Crippen LogP contribution in [0.2, 0.25) is 0 Å². The standard InChI is InChI=1S/C17H19NO5/c1-12(19)18-17(16(21)22-2)11-7-6-10-14(17)23-15(20)13-8-4-3-5-9-13/h3-6,8-10,14H,7,11H2,1-2H3,(H,18,19)/t14-,17+/m0/s1. The summed E-state index contributed by atoms with van der Waals surface area (Å²) in [6.07, 6.45) is 3.35. The molecule has 6 nitrogen and oxygen atoms in total. The minimum atomic E-state index is -1.40. The van der Waals surface area contributed by atoms with Gasteiger partial charge in [-0.15, -0.1) is 0 Å². The van der Waals surface area contributed by atoms with Crippen molar-refractivity contribution in [2.75, 3.05) is 7.11 Å². The summed E-state index contributed by atoms with van der Waals surface area (Å²) in [5.41, 5.74) is -1.03. The van der Waals surface area contributed by atoms with Crippen molar-refractivity contribution in [3.8, 4) is 0 Å². The van der Waals surface area contributed by atoms with Gasteiger partial charge in [-0.3, -0.25) is 4.79 Å². The fourth-order valence-corrected chi connectivity index (χ4v) is 2.63. The average Bonchev–Trinajstić information content (AvgIpc) is 2.56. The third-order valence-electron chi connectivity index (χ3n) is 3.69. The highest BCUT2D eigenvalue weighted by atomic mass is 16.6. The van der Waals surface area contributed by atoms with Crippen molar-refractivity contribution in [1.82, 2.24) is 5.32 Å². The molecule has 23 heavy (non-hydrogen) atoms. The van der Waals surface area contributed by atoms with Crippen molar-refractivity contribution < 1.29 is 23.9 Å². The van der Waals surface area contributed by atoms with Gasteiger partial charge in [0.1, 0.15) is 0 Å². The molecule has 2 rings (SSSR count). The summed E-state index contributed by atoms with van der Waals surface area (Å²) in [4.78, 5) is 36.1. The van der Waals surface area contributed by atoms with Crippen LogP contribution in [0.3, 0.4) is 0 Å². The number of allylic oxidation sites excluding steroid dienone is 1. The van der Waals surface area contributed by atoms with Crippen LogP contribution < -0.4 is 5.32 Å². The predicted molar refractivity (Wildman–Crippen MR) is 82.6 cm³/mol. The molecule has 0 aromatic heterocycles. The quantitative estimate of drug-likeness (QED) is 0.674. The Hall–Kier alpha value is -2.63. The molecule has 1 amide bonds. The van der Waals surface area contributed by atoms with Gasteiger partial charge in [-0.2, -0.15) is 0 Å². The Morgan fingerprint density at radius 1 is 1.22 bits per heavy atom. The van der Waals surface area contributed by atoms with Crippen molar-refractivity contribution >= 4 is 17.8 Å². The number of carbonyl (C=O) groups is 3. The maximum absolute atomic E-state index is 12.3. The molecule has 1 aliphatic rings. The molecule has 0 radical (unpaired) electrons. The largest absolute Gasteiger partial charge is 0.467 e. The van der Waals surface area contributed by atoms with Gasteiger partial charge < -0.3 is 14.8 Å². The van der Waals surface area contributed by atoms with Crippen LogP contribution in [-0.2, 0) is 19.1 Å². The average molecular weight is 317 g/mol. The molecule has 0 bridgehead atoms. The van der Waals surface area contributed by atoms with Gasteiger partial charge in [-0.25, -0.2) is 9.59 Å². The van der Waals surface area contributed by atoms with Crippen LogP contribution in [0.4, 0.5) is 0 Å². The summed E-state index contributed by atoms with van der Waals surface area (Å²) in [5, 5.41) is 2.61. The van der Waals surface area contributed by atoms with Crippen LogP contribution in [0, 0.1) is 0 Å². The van der Waals surface area contributed by atoms with E-state index in [0.29, 0.717) is 18.4 Å². The van der Waals surface area contributed by atoms with Crippen LogP contribution in [0.25, 0.3) is 0 Å². The molecule has 2 atom stereocenters. The van der Waals surface area contributed by atoms with Gasteiger partial charge in [0.25, 0.3) is 0 Å². The van der Waals surface area contributed by atoms with E-state index in [1.165, 1.54) is 14.0 Å². The van der Waals surface area contributed by atoms with E-state index in [-0.39, 0.29) is 0 Å². The maximum atomic E-state index is 12.3. The number of carbonyl (C=O) groups excluding carboxylic acids is 3. The molecule has 6 heteroatoms. The summed E-state index contributed by atoms with van der Waals surface area (Å²) in [6.45, 7) is 1.30. The van der Waals surface area contributed by atoms with Gasteiger partial charge in [-0.05, 0) is 31.1 Å². The van der Waals surface area contributed by atoms with Gasteiger partial charge in [0, 0.05) is 6.92 Å². The Morgan fingerprint density at radius 3 is 2.52 bits per heavy atom. The predicted octanol–water partition coefficient (Wildman–Crippen LogP) is 1.61. The van der Waals surface area contributed by atoms with Crippen molar-refractivity contribution in [3.63, 3.8) is 0 Å². The Kier molecular flexibility index (Phi) is 5.16. The molecule has 0 spiro atoms. The fraction of sp³-hybridized carbons (Fsp3) is 0.353. The Morgan fingerprint density at radius 2 is 1.91 bits per heavy atom. The van der Waals surface area contributed by atoms with Crippen molar-refractivity contribution in [3.05, 3.63) is 48.0 Å². The first-order chi connectivity index (χ1) is 11.0. The van der Waals surface area contributed by atoms with Crippen molar-refractivity contribution in [2.45, 2.75) is 31.4 Å². The van der Waals surface area contributed by atoms with E-state index in [2.05, 4.69) is 5.32 Å². The van der Waals surface area contributed by atoms with E-state index in [1.807, 2.05) is 6.08 Å². The molecular formula is C17H19NO5. The van der Waals surface area contributed by atoms with E-state index in [4.69, 9.17) is 9.47 Å². The highest BCUT2D eigenvalue weighted by Gasteiger charge is 2.50. The van der Waals surface area contributed by atoms with Crippen LogP contribution in [0.5, 0.6) is 0 Å². The molecule has 1 aromatic carbocycles. The number of methoxy groups -OCH3 is 1. The van der Waals surface area contributed by atoms with Gasteiger partial charge in [0.15, 0.2) is 11.6 Å². The lowest BCUT2D eigenvalue weighted by Gasteiger charge is -2.38. The lowest BCUT2D eigenvalue weighted by Crippen LogP contribution is -2.63. The molecule has 1 N–H and O–H groups in total. The monoisotopic (exact) mass is 317 g/mol. The lowest BCUT2D eigenvalue weighted by molar-refractivity contribution is -0.156. The van der Waals surface area contributed by atoms with E-state index in [1.54, 1.807) is 36.4 Å². The van der Waals surface area contributed by atoms with Crippen LogP contribution >= 0.6 is 0 Å². The summed E-state index contributed by atoms with van der Waals surface area (Å²) >= 11 is 0. The number of benzene rings is 1. The highest BCUT2D eigenvalue weighted by Crippen LogP contribution is 2.29. The van der Waals surface area contributed by atoms with Crippen molar-refractivity contribution in [1.29, 1.82) is 0 Å². The minimum Gasteiger partial charge on any atom is -0.467 e. The number of hydrogen-bond donors (Lipinski definition) is 1. The lowest BCUT2D eigenvalue weighted by atomic mass is 9.82. The fourth-order valence-electron chi connectivity index (χ4n) is 2.63. The Bertz CT molecular complexity index is 625. The van der Waals surface area contributed by atoms with Crippen molar-refractivity contribution in [2.24, 2.45) is 0 Å². The third kappa shape index (κ3) is 3.59. The van der Waals surface area contributed by atoms with Crippen LogP contribution in [0.15, 0.2) is 42.5 Å². The molecule has 0 unspecified atom stereocenters. The molecule has 0 saturated heterocycles. The zero-order valence-corrected chi connectivity index (χ0v) is 13.1. The van der Waals surface area contributed by atoms with Gasteiger partial charge >= 0.3 is 11.9 Å². The molecule has 0 aliphatic heterocycles. The molecule has 0 fully saturated rings. The summed E-state index contributed by atoms with van der Waals surface area (Å²) < 4.78 is 10.3. The van der Waals surface area contributed by atoms with E-state index in [0.717, 1.165) is 0 Å². The second-order valence-electron chi connectivity index (χ2n) is 5.30. The highest BCUT2D eigenvalue weighted by molar-refractivity contribution is 5.92. The first-order valence-corrected chi connectivity index (χ1v) is 7.29. The minimum absolute atomic E-state index is 0.294. The first kappa shape index (κ1) is 16.7. The SMILES string of the molecule is COC(=O)[C@@]1(NC(C)=O)CCC=C[C@@H]1OC(=O)c1ccccc1. The molecular weight excluding hydrogens is 298 g/mol. The normalized spacial score (nSPS) is 23.0. The number of rotatable bonds is 4. The van der Waals surface area contributed by atoms with Gasteiger partial charge in [0.2, 0.25) is 5.91 Å². The van der Waals surface area contributed by atoms with Crippen LogP contribution in [0.1, 0.15) is 30.1 Å². The summed E-state index contributed by atoms with van der Waals surface area (Å²) in [6, 6.07) is 8.46. The Labute approximate surface area is 134 Å². The molecule has 1 aliphatic carbocycles. The molecule has 1 aromatic rings. The number of nitrogens with one attached hydrogen (secondary N) is 1. The first-order valence-electron chi connectivity index (χ1n) is 7.29. The van der Waals surface area contributed by atoms with E-state index in [9.17, 15) is 14.4 Å². The molecule has 0 saturated carbocycles. The van der Waals surface area contributed by atoms with Gasteiger partial charge in [0.05, 0.1) is 12.7 Å². The number of esters is 2. The smallest absolute Gasteiger partial charge is 0.338 e. The number of amides is 1. The summed E-state index contributed by atoms with van der Waals surface area (Å²) in [5.74, 6) is -1.60. The Balaban J connectivity index is 2.30. The second-order valence-corrected chi connectivity index (χ2v) is 5.30. The topological polar surface area (TPSA) is 81.7 Å². The van der Waals surface area contributed by atoms with Crippen LogP contribution in [-0.4, -0.2) is 36.6 Å². The van der Waals surface area contributed by atoms with E-state index >= 15 is 0 Å². The second kappa shape index (κ2) is 7.09. The summed E-state index contributed by atoms with van der Waals surface area (Å²) in [7, 11) is 1.24. The zero-order chi connectivity index (χ0) is 16.9. The number of hydrogen-bond acceptors (Lipinski definition) is 5. The third-order valence-corrected chi connectivity index (χ3v) is 3.69. The zero-order valence-electron chi connectivity index (χ0n) is 13.1. The van der Waals surface area contributed by atoms with Gasteiger partial charge in [-0.1, -0.05) is 24.3 Å². The molecule has 0 heterocycles. The maximum Gasteiger partial charge on any atom is 0.338 e. The van der Waals surface area contributed by atoms with E-state index < -0.39 is 29.5 Å². The molecule has 122 valence electrons.